The number of benzene rings is 1. The molecular formula is C23H19N3O3. The standard InChI is InChI=1S/C23H19N3O3/c1-15-9-19-18(13-26(14-28-19)12-16-5-4-7-24-11-16)23-21(15)22(27)20(29-23)10-17-6-2-3-8-25-17/h2-11H,12-14H2,1H3/b20-10-. The number of Topliss-reactive ketones (excluding diaryl/α,β-unsaturated/α-hetero) is 1. The van der Waals surface area contributed by atoms with Gasteiger partial charge >= 0.3 is 0 Å². The Morgan fingerprint density at radius 1 is 1.21 bits per heavy atom. The number of ether oxygens (including phenoxy) is 2. The van der Waals surface area contributed by atoms with Crippen LogP contribution in [0.4, 0.5) is 0 Å². The Bertz CT molecular complexity index is 1110. The summed E-state index contributed by atoms with van der Waals surface area (Å²) in [6.45, 7) is 3.73. The van der Waals surface area contributed by atoms with Crippen molar-refractivity contribution in [1.29, 1.82) is 0 Å². The summed E-state index contributed by atoms with van der Waals surface area (Å²) in [4.78, 5) is 23.6. The molecule has 0 bridgehead atoms. The van der Waals surface area contributed by atoms with Gasteiger partial charge in [-0.3, -0.25) is 19.7 Å². The second-order valence-corrected chi connectivity index (χ2v) is 7.19. The van der Waals surface area contributed by atoms with Crippen LogP contribution >= 0.6 is 0 Å². The molecule has 6 heteroatoms. The molecule has 2 aliphatic heterocycles. The number of aromatic nitrogens is 2. The Balaban J connectivity index is 1.48. The van der Waals surface area contributed by atoms with Crippen LogP contribution in [0.1, 0.15) is 32.7 Å². The molecule has 2 aromatic heterocycles. The van der Waals surface area contributed by atoms with E-state index in [1.165, 1.54) is 0 Å². The van der Waals surface area contributed by atoms with E-state index in [1.54, 1.807) is 18.5 Å². The van der Waals surface area contributed by atoms with E-state index in [9.17, 15) is 4.79 Å². The first-order chi connectivity index (χ1) is 14.2. The number of carbonyl (C=O) groups is 1. The summed E-state index contributed by atoms with van der Waals surface area (Å²) in [6, 6.07) is 11.4. The number of carbonyl (C=O) groups excluding carboxylic acids is 1. The summed E-state index contributed by atoms with van der Waals surface area (Å²) >= 11 is 0. The van der Waals surface area contributed by atoms with E-state index < -0.39 is 0 Å². The van der Waals surface area contributed by atoms with E-state index >= 15 is 0 Å². The van der Waals surface area contributed by atoms with E-state index in [1.807, 2.05) is 49.5 Å². The van der Waals surface area contributed by atoms with Crippen molar-refractivity contribution >= 4 is 11.9 Å². The Morgan fingerprint density at radius 2 is 2.14 bits per heavy atom. The van der Waals surface area contributed by atoms with Gasteiger partial charge in [-0.15, -0.1) is 0 Å². The van der Waals surface area contributed by atoms with Crippen molar-refractivity contribution in [2.24, 2.45) is 0 Å². The van der Waals surface area contributed by atoms with Crippen molar-refractivity contribution in [3.8, 4) is 11.5 Å². The highest BCUT2D eigenvalue weighted by molar-refractivity contribution is 6.15. The molecule has 0 radical (unpaired) electrons. The maximum atomic E-state index is 13.0. The average molecular weight is 385 g/mol. The summed E-state index contributed by atoms with van der Waals surface area (Å²) in [6.07, 6.45) is 6.99. The molecule has 0 aliphatic carbocycles. The third-order valence-electron chi connectivity index (χ3n) is 5.08. The van der Waals surface area contributed by atoms with Gasteiger partial charge in [-0.2, -0.15) is 0 Å². The molecule has 6 nitrogen and oxygen atoms in total. The number of allylic oxidation sites excluding steroid dienone is 1. The number of aryl methyl sites for hydroxylation is 1. The molecule has 0 unspecified atom stereocenters. The summed E-state index contributed by atoms with van der Waals surface area (Å²) in [7, 11) is 0. The fourth-order valence-electron chi connectivity index (χ4n) is 3.72. The Hall–Kier alpha value is -3.51. The minimum absolute atomic E-state index is 0.115. The van der Waals surface area contributed by atoms with Crippen LogP contribution in [0, 0.1) is 6.92 Å². The summed E-state index contributed by atoms with van der Waals surface area (Å²) in [5, 5.41) is 0. The zero-order valence-electron chi connectivity index (χ0n) is 16.0. The molecule has 5 rings (SSSR count). The molecule has 29 heavy (non-hydrogen) atoms. The van der Waals surface area contributed by atoms with E-state index in [0.717, 1.165) is 22.4 Å². The molecule has 144 valence electrons. The van der Waals surface area contributed by atoms with Gasteiger partial charge in [0.2, 0.25) is 5.78 Å². The molecule has 0 atom stereocenters. The van der Waals surface area contributed by atoms with Gasteiger partial charge in [0.1, 0.15) is 18.2 Å². The number of rotatable bonds is 3. The molecule has 0 amide bonds. The molecule has 2 aliphatic rings. The molecule has 0 fully saturated rings. The fourth-order valence-corrected chi connectivity index (χ4v) is 3.72. The smallest absolute Gasteiger partial charge is 0.232 e. The highest BCUT2D eigenvalue weighted by Crippen LogP contribution is 2.44. The van der Waals surface area contributed by atoms with Gasteiger partial charge in [0.15, 0.2) is 5.76 Å². The van der Waals surface area contributed by atoms with Crippen molar-refractivity contribution in [3.05, 3.63) is 88.7 Å². The van der Waals surface area contributed by atoms with Crippen LogP contribution in [0.2, 0.25) is 0 Å². The van der Waals surface area contributed by atoms with Crippen molar-refractivity contribution < 1.29 is 14.3 Å². The summed E-state index contributed by atoms with van der Waals surface area (Å²) in [5.74, 6) is 1.55. The van der Waals surface area contributed by atoms with Gasteiger partial charge in [-0.1, -0.05) is 12.1 Å². The number of pyridine rings is 2. The molecule has 0 saturated carbocycles. The SMILES string of the molecule is Cc1cc2c(c3c1C(=O)/C(=C/c1ccccn1)O3)CN(Cc1cccnc1)CO2. The third kappa shape index (κ3) is 3.28. The number of hydrogen-bond acceptors (Lipinski definition) is 6. The van der Waals surface area contributed by atoms with Crippen molar-refractivity contribution in [2.75, 3.05) is 6.73 Å². The van der Waals surface area contributed by atoms with Crippen LogP contribution in [0.5, 0.6) is 11.5 Å². The molecule has 0 N–H and O–H groups in total. The topological polar surface area (TPSA) is 64.5 Å². The fraction of sp³-hybridized carbons (Fsp3) is 0.174. The van der Waals surface area contributed by atoms with E-state index in [0.29, 0.717) is 42.6 Å². The number of fused-ring (bicyclic) bond motifs is 3. The van der Waals surface area contributed by atoms with Crippen molar-refractivity contribution in [3.63, 3.8) is 0 Å². The van der Waals surface area contributed by atoms with E-state index in [4.69, 9.17) is 9.47 Å². The normalized spacial score (nSPS) is 16.9. The van der Waals surface area contributed by atoms with Crippen LogP contribution in [-0.2, 0) is 13.1 Å². The van der Waals surface area contributed by atoms with Crippen LogP contribution in [-0.4, -0.2) is 27.4 Å². The van der Waals surface area contributed by atoms with Crippen LogP contribution in [0.15, 0.2) is 60.7 Å². The highest BCUT2D eigenvalue weighted by atomic mass is 16.5. The van der Waals surface area contributed by atoms with Crippen molar-refractivity contribution in [1.82, 2.24) is 14.9 Å². The molecule has 0 saturated heterocycles. The lowest BCUT2D eigenvalue weighted by atomic mass is 9.98. The molecule has 1 aromatic carbocycles. The van der Waals surface area contributed by atoms with Crippen molar-refractivity contribution in [2.45, 2.75) is 20.0 Å². The molecule has 3 aromatic rings. The van der Waals surface area contributed by atoms with Gasteiger partial charge in [0.25, 0.3) is 0 Å². The van der Waals surface area contributed by atoms with Gasteiger partial charge in [-0.25, -0.2) is 0 Å². The number of ketones is 1. The Morgan fingerprint density at radius 3 is 2.93 bits per heavy atom. The van der Waals surface area contributed by atoms with Gasteiger partial charge in [0.05, 0.1) is 16.8 Å². The lowest BCUT2D eigenvalue weighted by molar-refractivity contribution is 0.0871. The monoisotopic (exact) mass is 385 g/mol. The number of hydrogen-bond donors (Lipinski definition) is 0. The van der Waals surface area contributed by atoms with Gasteiger partial charge in [0, 0.05) is 37.8 Å². The van der Waals surface area contributed by atoms with Gasteiger partial charge < -0.3 is 9.47 Å². The number of nitrogens with zero attached hydrogens (tertiary/aromatic N) is 3. The van der Waals surface area contributed by atoms with E-state index in [-0.39, 0.29) is 5.78 Å². The minimum atomic E-state index is -0.115. The largest absolute Gasteiger partial charge is 0.478 e. The summed E-state index contributed by atoms with van der Waals surface area (Å²) in [5.41, 5.74) is 4.16. The maximum absolute atomic E-state index is 13.0. The first kappa shape index (κ1) is 17.6. The first-order valence-corrected chi connectivity index (χ1v) is 9.45. The highest BCUT2D eigenvalue weighted by Gasteiger charge is 2.35. The zero-order chi connectivity index (χ0) is 19.8. The lowest BCUT2D eigenvalue weighted by Gasteiger charge is -2.30. The average Bonchev–Trinajstić information content (AvgIpc) is 3.07. The van der Waals surface area contributed by atoms with Crippen LogP contribution in [0.25, 0.3) is 6.08 Å². The first-order valence-electron chi connectivity index (χ1n) is 9.45. The van der Waals surface area contributed by atoms with Crippen LogP contribution in [0.3, 0.4) is 0 Å². The van der Waals surface area contributed by atoms with Gasteiger partial charge in [-0.05, 0) is 42.3 Å². The second kappa shape index (κ2) is 7.14. The molecule has 0 spiro atoms. The summed E-state index contributed by atoms with van der Waals surface area (Å²) < 4.78 is 12.0. The Labute approximate surface area is 168 Å². The predicted octanol–water partition coefficient (Wildman–Crippen LogP) is 3.75. The molecular weight excluding hydrogens is 366 g/mol. The third-order valence-corrected chi connectivity index (χ3v) is 5.08. The predicted molar refractivity (Wildman–Crippen MR) is 107 cm³/mol. The second-order valence-electron chi connectivity index (χ2n) is 7.19. The Kier molecular flexibility index (Phi) is 4.33. The maximum Gasteiger partial charge on any atom is 0.232 e. The van der Waals surface area contributed by atoms with Crippen LogP contribution < -0.4 is 9.47 Å². The quantitative estimate of drug-likeness (QED) is 0.640. The zero-order valence-corrected chi connectivity index (χ0v) is 16.0. The van der Waals surface area contributed by atoms with E-state index in [2.05, 4.69) is 14.9 Å². The molecule has 4 heterocycles. The minimum Gasteiger partial charge on any atom is -0.478 e. The lowest BCUT2D eigenvalue weighted by Crippen LogP contribution is -2.31.